The van der Waals surface area contributed by atoms with Gasteiger partial charge in [0.05, 0.1) is 39.1 Å². The van der Waals surface area contributed by atoms with E-state index in [1.807, 2.05) is 24.3 Å². The number of aromatic nitrogens is 2. The number of nitriles is 1. The molecule has 9 nitrogen and oxygen atoms in total. The quantitative estimate of drug-likeness (QED) is 0.505. The van der Waals surface area contributed by atoms with Gasteiger partial charge in [-0.1, -0.05) is 0 Å². The van der Waals surface area contributed by atoms with Gasteiger partial charge in [-0.15, -0.1) is 0 Å². The molecule has 2 heterocycles. The number of ether oxygens (including phenoxy) is 2. The minimum absolute atomic E-state index is 0.0394. The molecule has 2 atom stereocenters. The first-order valence-electron chi connectivity index (χ1n) is 11.4. The summed E-state index contributed by atoms with van der Waals surface area (Å²) in [5.74, 6) is 1.66. The van der Waals surface area contributed by atoms with Crippen LogP contribution in [-0.4, -0.2) is 56.8 Å². The molecule has 35 heavy (non-hydrogen) atoms. The van der Waals surface area contributed by atoms with E-state index in [-0.39, 0.29) is 11.9 Å². The van der Waals surface area contributed by atoms with Crippen molar-refractivity contribution in [2.24, 2.45) is 0 Å². The molecule has 3 aromatic rings. The molecule has 0 saturated carbocycles. The predicted octanol–water partition coefficient (Wildman–Crippen LogP) is 3.62. The van der Waals surface area contributed by atoms with Crippen LogP contribution in [0.15, 0.2) is 48.7 Å². The van der Waals surface area contributed by atoms with Gasteiger partial charge in [-0.25, -0.2) is 9.97 Å². The summed E-state index contributed by atoms with van der Waals surface area (Å²) in [6, 6.07) is 15.0. The second-order valence-corrected chi connectivity index (χ2v) is 8.57. The van der Waals surface area contributed by atoms with Crippen LogP contribution in [0.25, 0.3) is 11.3 Å². The van der Waals surface area contributed by atoms with E-state index in [9.17, 15) is 10.1 Å². The second kappa shape index (κ2) is 9.99. The van der Waals surface area contributed by atoms with Gasteiger partial charge >= 0.3 is 0 Å². The number of likely N-dealkylation sites (tertiary alicyclic amines) is 1. The number of benzene rings is 2. The van der Waals surface area contributed by atoms with Crippen molar-refractivity contribution < 1.29 is 14.3 Å². The molecule has 0 spiro atoms. The van der Waals surface area contributed by atoms with Crippen LogP contribution in [0.5, 0.6) is 11.5 Å². The number of anilines is 2. The lowest BCUT2D eigenvalue weighted by atomic mass is 10.1. The number of carbonyl (C=O) groups is 1. The van der Waals surface area contributed by atoms with E-state index in [0.717, 1.165) is 36.3 Å². The summed E-state index contributed by atoms with van der Waals surface area (Å²) in [7, 11) is 6.92. The van der Waals surface area contributed by atoms with Crippen molar-refractivity contribution in [2.45, 2.75) is 18.9 Å². The van der Waals surface area contributed by atoms with Crippen LogP contribution in [-0.2, 0) is 4.79 Å². The molecule has 2 aromatic carbocycles. The molecule has 1 amide bonds. The third-order valence-electron chi connectivity index (χ3n) is 6.59. The minimum atomic E-state index is -0.157. The SMILES string of the molecule is CNC(=O)[C@@H]1CCC[N+]1(C)c1ccc(Nc2nccc(-c3ccc(OC)c(C#N)c3)n2)cc1OC. The van der Waals surface area contributed by atoms with Gasteiger partial charge in [-0.05, 0) is 30.3 Å². The van der Waals surface area contributed by atoms with E-state index >= 15 is 0 Å². The van der Waals surface area contributed by atoms with E-state index < -0.39 is 0 Å². The number of nitrogens with zero attached hydrogens (tertiary/aromatic N) is 4. The fourth-order valence-electron chi connectivity index (χ4n) is 4.74. The summed E-state index contributed by atoms with van der Waals surface area (Å²) in [5.41, 5.74) is 3.62. The molecule has 0 radical (unpaired) electrons. The lowest BCUT2D eigenvalue weighted by Gasteiger charge is -2.35. The number of rotatable bonds is 7. The van der Waals surface area contributed by atoms with Crippen molar-refractivity contribution in [3.05, 3.63) is 54.2 Å². The van der Waals surface area contributed by atoms with Crippen LogP contribution >= 0.6 is 0 Å². The van der Waals surface area contributed by atoms with Crippen molar-refractivity contribution in [1.82, 2.24) is 19.8 Å². The lowest BCUT2D eigenvalue weighted by molar-refractivity contribution is -0.124. The van der Waals surface area contributed by atoms with Gasteiger partial charge in [0.1, 0.15) is 11.8 Å². The van der Waals surface area contributed by atoms with Crippen LogP contribution in [0.2, 0.25) is 0 Å². The molecular weight excluding hydrogens is 444 g/mol. The molecule has 1 fully saturated rings. The maximum Gasteiger partial charge on any atom is 0.278 e. The van der Waals surface area contributed by atoms with Crippen LogP contribution < -0.4 is 24.6 Å². The Kier molecular flexibility index (Phi) is 6.85. The lowest BCUT2D eigenvalue weighted by Crippen LogP contribution is -2.55. The summed E-state index contributed by atoms with van der Waals surface area (Å²) in [6.45, 7) is 0.860. The molecule has 1 unspecified atom stereocenters. The van der Waals surface area contributed by atoms with Crippen LogP contribution in [0.3, 0.4) is 0 Å². The van der Waals surface area contributed by atoms with Gasteiger partial charge in [0, 0.05) is 49.5 Å². The number of hydrogen-bond acceptors (Lipinski definition) is 7. The summed E-state index contributed by atoms with van der Waals surface area (Å²) < 4.78 is 11.5. The van der Waals surface area contributed by atoms with Crippen molar-refractivity contribution in [2.75, 3.05) is 40.2 Å². The molecule has 180 valence electrons. The highest BCUT2D eigenvalue weighted by Gasteiger charge is 2.45. The maximum atomic E-state index is 12.5. The number of likely N-dealkylation sites (N-methyl/N-ethyl adjacent to an activating group) is 2. The van der Waals surface area contributed by atoms with E-state index in [1.54, 1.807) is 38.6 Å². The Hall–Kier alpha value is -4.16. The zero-order valence-corrected chi connectivity index (χ0v) is 20.3. The predicted molar refractivity (Wildman–Crippen MR) is 135 cm³/mol. The summed E-state index contributed by atoms with van der Waals surface area (Å²) >= 11 is 0. The molecule has 2 N–H and O–H groups in total. The van der Waals surface area contributed by atoms with Gasteiger partial charge in [0.2, 0.25) is 5.95 Å². The normalized spacial score (nSPS) is 19.0. The Balaban J connectivity index is 1.61. The Morgan fingerprint density at radius 3 is 2.66 bits per heavy atom. The fraction of sp³-hybridized carbons (Fsp3) is 0.308. The highest BCUT2D eigenvalue weighted by molar-refractivity contribution is 5.85. The van der Waals surface area contributed by atoms with Gasteiger partial charge in [0.15, 0.2) is 17.5 Å². The first-order valence-corrected chi connectivity index (χ1v) is 11.4. The topological polar surface area (TPSA) is 109 Å². The molecule has 4 rings (SSSR count). The Morgan fingerprint density at radius 1 is 1.14 bits per heavy atom. The molecule has 1 aliphatic heterocycles. The standard InChI is InChI=1S/C26H28N6O3/c1-28-25(33)22-6-5-13-32(22,2)21-9-8-19(15-24(21)35-4)30-26-29-12-11-20(31-26)17-7-10-23(34-3)18(14-17)16-27/h7-12,14-15,22H,5-6,13H2,1-4H3,(H-,28,29,30,31,33)/p+1/t22-,32?/m0/s1. The van der Waals surface area contributed by atoms with Gasteiger partial charge < -0.3 is 20.1 Å². The Morgan fingerprint density at radius 2 is 1.94 bits per heavy atom. The summed E-state index contributed by atoms with van der Waals surface area (Å²) in [4.78, 5) is 21.5. The van der Waals surface area contributed by atoms with Crippen molar-refractivity contribution in [1.29, 1.82) is 5.26 Å². The van der Waals surface area contributed by atoms with Crippen LogP contribution in [0.1, 0.15) is 18.4 Å². The number of nitrogens with one attached hydrogen (secondary N) is 2. The monoisotopic (exact) mass is 473 g/mol. The summed E-state index contributed by atoms with van der Waals surface area (Å²) in [6.07, 6.45) is 3.47. The van der Waals surface area contributed by atoms with Gasteiger partial charge in [-0.2, -0.15) is 5.26 Å². The van der Waals surface area contributed by atoms with Crippen molar-refractivity contribution >= 4 is 23.2 Å². The zero-order valence-electron chi connectivity index (χ0n) is 20.3. The van der Waals surface area contributed by atoms with Crippen LogP contribution in [0.4, 0.5) is 17.3 Å². The smallest absolute Gasteiger partial charge is 0.278 e. The molecule has 1 saturated heterocycles. The molecule has 1 aliphatic rings. The molecule has 9 heteroatoms. The van der Waals surface area contributed by atoms with Gasteiger partial charge in [0.25, 0.3) is 5.91 Å². The minimum Gasteiger partial charge on any atom is -0.495 e. The fourth-order valence-corrected chi connectivity index (χ4v) is 4.74. The average Bonchev–Trinajstić information content (AvgIpc) is 3.30. The third-order valence-corrected chi connectivity index (χ3v) is 6.59. The van der Waals surface area contributed by atoms with Crippen molar-refractivity contribution in [3.63, 3.8) is 0 Å². The maximum absolute atomic E-state index is 12.5. The summed E-state index contributed by atoms with van der Waals surface area (Å²) in [5, 5.41) is 15.4. The largest absolute Gasteiger partial charge is 0.495 e. The highest BCUT2D eigenvalue weighted by Crippen LogP contribution is 2.41. The second-order valence-electron chi connectivity index (χ2n) is 8.57. The molecule has 0 bridgehead atoms. The first kappa shape index (κ1) is 24.0. The third kappa shape index (κ3) is 4.61. The Bertz CT molecular complexity index is 1290. The Labute approximate surface area is 204 Å². The van der Waals surface area contributed by atoms with E-state index in [2.05, 4.69) is 33.7 Å². The average molecular weight is 474 g/mol. The molecule has 1 aromatic heterocycles. The van der Waals surface area contributed by atoms with E-state index in [1.165, 1.54) is 7.11 Å². The van der Waals surface area contributed by atoms with Crippen molar-refractivity contribution in [3.8, 4) is 28.8 Å². The number of carbonyl (C=O) groups excluding carboxylic acids is 1. The van der Waals surface area contributed by atoms with Gasteiger partial charge in [-0.3, -0.25) is 9.28 Å². The van der Waals surface area contributed by atoms with E-state index in [0.29, 0.717) is 33.2 Å². The zero-order chi connectivity index (χ0) is 25.0. The number of quaternary nitrogens is 1. The first-order chi connectivity index (χ1) is 16.9. The number of amides is 1. The van der Waals surface area contributed by atoms with Crippen LogP contribution in [0, 0.1) is 11.3 Å². The number of hydrogen-bond donors (Lipinski definition) is 2. The molecular formula is C26H29N6O3+. The number of methoxy groups -OCH3 is 2. The molecule has 0 aliphatic carbocycles. The van der Waals surface area contributed by atoms with E-state index in [4.69, 9.17) is 9.47 Å². The highest BCUT2D eigenvalue weighted by atomic mass is 16.5.